The highest BCUT2D eigenvalue weighted by molar-refractivity contribution is 8.14. The molecule has 1 aromatic carbocycles. The zero-order chi connectivity index (χ0) is 20.2. The number of rotatable bonds is 6. The van der Waals surface area contributed by atoms with E-state index in [2.05, 4.69) is 15.8 Å². The first kappa shape index (κ1) is 19.7. The number of carbonyl (C=O) groups is 2. The third kappa shape index (κ3) is 4.70. The molecule has 3 heterocycles. The van der Waals surface area contributed by atoms with E-state index >= 15 is 0 Å². The fourth-order valence-corrected chi connectivity index (χ4v) is 4.09. The lowest BCUT2D eigenvalue weighted by Crippen LogP contribution is -2.51. The molecule has 1 aromatic rings. The number of hydrogen-bond acceptors (Lipinski definition) is 7. The maximum Gasteiger partial charge on any atom is 0.272 e. The second kappa shape index (κ2) is 8.83. The highest BCUT2D eigenvalue weighted by atomic mass is 32.2. The van der Waals surface area contributed by atoms with Gasteiger partial charge in [0, 0.05) is 25.6 Å². The predicted octanol–water partition coefficient (Wildman–Crippen LogP) is 1.17. The summed E-state index contributed by atoms with van der Waals surface area (Å²) in [5.41, 5.74) is 3.65. The van der Waals surface area contributed by atoms with E-state index in [0.29, 0.717) is 18.3 Å². The first-order valence-corrected chi connectivity index (χ1v) is 10.4. The van der Waals surface area contributed by atoms with Gasteiger partial charge in [0.15, 0.2) is 5.17 Å². The van der Waals surface area contributed by atoms with Gasteiger partial charge in [-0.15, -0.1) is 0 Å². The normalized spacial score (nSPS) is 23.1. The summed E-state index contributed by atoms with van der Waals surface area (Å²) in [7, 11) is 0. The average Bonchev–Trinajstić information content (AvgIpc) is 3.38. The Morgan fingerprint density at radius 3 is 2.93 bits per heavy atom. The van der Waals surface area contributed by atoms with Gasteiger partial charge in [0.05, 0.1) is 18.4 Å². The quantitative estimate of drug-likeness (QED) is 0.720. The number of amidine groups is 1. The molecule has 3 aliphatic heterocycles. The monoisotopic (exact) mass is 419 g/mol. The first-order chi connectivity index (χ1) is 14.1. The van der Waals surface area contributed by atoms with Gasteiger partial charge in [0.25, 0.3) is 5.91 Å². The minimum Gasteiger partial charge on any atom is -0.376 e. The Bertz CT molecular complexity index is 826. The van der Waals surface area contributed by atoms with E-state index in [9.17, 15) is 14.0 Å². The summed E-state index contributed by atoms with van der Waals surface area (Å²) < 4.78 is 18.5. The van der Waals surface area contributed by atoms with Gasteiger partial charge < -0.3 is 15.0 Å². The second-order valence-corrected chi connectivity index (χ2v) is 7.89. The summed E-state index contributed by atoms with van der Waals surface area (Å²) >= 11 is 1.27. The van der Waals surface area contributed by atoms with E-state index in [1.807, 2.05) is 0 Å². The molecule has 1 saturated heterocycles. The molecule has 2 atom stereocenters. The molecule has 0 saturated carbocycles. The first-order valence-electron chi connectivity index (χ1n) is 9.46. The topological polar surface area (TPSA) is 86.3 Å². The van der Waals surface area contributed by atoms with Gasteiger partial charge >= 0.3 is 0 Å². The number of carbonyl (C=O) groups excluding carboxylic acids is 2. The molecule has 8 nitrogen and oxygen atoms in total. The van der Waals surface area contributed by atoms with Crippen LogP contribution in [0.1, 0.15) is 18.4 Å². The number of ether oxygens (including phenoxy) is 1. The van der Waals surface area contributed by atoms with Crippen molar-refractivity contribution in [3.8, 4) is 0 Å². The molecule has 29 heavy (non-hydrogen) atoms. The van der Waals surface area contributed by atoms with E-state index in [0.717, 1.165) is 25.0 Å². The molecule has 4 rings (SSSR count). The minimum absolute atomic E-state index is 0.0955. The fourth-order valence-electron chi connectivity index (χ4n) is 3.29. The Kier molecular flexibility index (Phi) is 6.00. The van der Waals surface area contributed by atoms with Crippen LogP contribution in [0.25, 0.3) is 0 Å². The molecule has 2 amide bonds. The summed E-state index contributed by atoms with van der Waals surface area (Å²) in [6.45, 7) is 1.62. The van der Waals surface area contributed by atoms with Crippen LogP contribution in [0, 0.1) is 5.82 Å². The summed E-state index contributed by atoms with van der Waals surface area (Å²) in [4.78, 5) is 28.1. The molecule has 0 aliphatic carbocycles. The minimum atomic E-state index is -0.641. The summed E-state index contributed by atoms with van der Waals surface area (Å²) in [5.74, 6) is -0.369. The molecular weight excluding hydrogens is 397 g/mol. The van der Waals surface area contributed by atoms with Crippen molar-refractivity contribution >= 4 is 28.7 Å². The summed E-state index contributed by atoms with van der Waals surface area (Å²) in [6.07, 6.45) is 4.90. The van der Waals surface area contributed by atoms with Crippen molar-refractivity contribution in [2.45, 2.75) is 31.7 Å². The zero-order valence-electron chi connectivity index (χ0n) is 15.7. The number of nitrogens with one attached hydrogen (secondary N) is 2. The van der Waals surface area contributed by atoms with Crippen LogP contribution in [0.5, 0.6) is 0 Å². The molecule has 2 N–H and O–H groups in total. The van der Waals surface area contributed by atoms with Crippen molar-refractivity contribution < 1.29 is 18.7 Å². The number of hydrogen-bond donors (Lipinski definition) is 2. The molecule has 2 unspecified atom stereocenters. The SMILES string of the molecule is O=C(CSC1=NNC2C(=O)N(Cc3ccc(F)cc3)C=CN12)NCC1CCCO1. The van der Waals surface area contributed by atoms with E-state index in [-0.39, 0.29) is 29.5 Å². The van der Waals surface area contributed by atoms with Crippen LogP contribution in [0.15, 0.2) is 41.8 Å². The number of thioether (sulfide) groups is 1. The Morgan fingerprint density at radius 2 is 2.17 bits per heavy atom. The standard InChI is InChI=1S/C19H22FN5O3S/c20-14-5-3-13(4-6-14)11-24-7-8-25-17(18(24)27)22-23-19(25)29-12-16(26)21-10-15-2-1-9-28-15/h3-8,15,17,22H,1-2,9-12H2,(H,21,26). The number of nitrogens with zero attached hydrogens (tertiary/aromatic N) is 3. The van der Waals surface area contributed by atoms with Gasteiger partial charge in [-0.2, -0.15) is 5.10 Å². The van der Waals surface area contributed by atoms with Crippen molar-refractivity contribution in [1.82, 2.24) is 20.5 Å². The van der Waals surface area contributed by atoms with Crippen LogP contribution < -0.4 is 10.7 Å². The van der Waals surface area contributed by atoms with Crippen molar-refractivity contribution in [3.63, 3.8) is 0 Å². The fraction of sp³-hybridized carbons (Fsp3) is 0.421. The van der Waals surface area contributed by atoms with Gasteiger partial charge in [-0.1, -0.05) is 23.9 Å². The molecule has 0 radical (unpaired) electrons. The number of benzene rings is 1. The van der Waals surface area contributed by atoms with Crippen molar-refractivity contribution in [3.05, 3.63) is 48.0 Å². The number of halogens is 1. The molecule has 154 valence electrons. The molecule has 1 fully saturated rings. The Labute approximate surface area is 172 Å². The summed E-state index contributed by atoms with van der Waals surface area (Å²) in [5, 5.41) is 7.63. The third-order valence-corrected chi connectivity index (χ3v) is 5.82. The lowest BCUT2D eigenvalue weighted by molar-refractivity contribution is -0.134. The largest absolute Gasteiger partial charge is 0.376 e. The van der Waals surface area contributed by atoms with Gasteiger partial charge in [0.1, 0.15) is 5.82 Å². The van der Waals surface area contributed by atoms with Crippen LogP contribution in [0.2, 0.25) is 0 Å². The van der Waals surface area contributed by atoms with E-state index in [1.165, 1.54) is 23.9 Å². The highest BCUT2D eigenvalue weighted by Crippen LogP contribution is 2.23. The van der Waals surface area contributed by atoms with Gasteiger partial charge in [0.2, 0.25) is 12.1 Å². The van der Waals surface area contributed by atoms with Crippen molar-refractivity contribution in [2.75, 3.05) is 18.9 Å². The molecule has 0 spiro atoms. The van der Waals surface area contributed by atoms with Gasteiger partial charge in [-0.25, -0.2) is 4.39 Å². The highest BCUT2D eigenvalue weighted by Gasteiger charge is 2.37. The van der Waals surface area contributed by atoms with Crippen LogP contribution >= 0.6 is 11.8 Å². The lowest BCUT2D eigenvalue weighted by Gasteiger charge is -2.31. The Hall–Kier alpha value is -2.59. The maximum absolute atomic E-state index is 13.1. The number of amides is 2. The Morgan fingerprint density at radius 1 is 1.34 bits per heavy atom. The number of hydrazone groups is 1. The van der Waals surface area contributed by atoms with Crippen LogP contribution in [0.4, 0.5) is 4.39 Å². The molecule has 10 heteroatoms. The van der Waals surface area contributed by atoms with Crippen molar-refractivity contribution in [1.29, 1.82) is 0 Å². The second-order valence-electron chi connectivity index (χ2n) is 6.95. The van der Waals surface area contributed by atoms with Crippen molar-refractivity contribution in [2.24, 2.45) is 5.10 Å². The smallest absolute Gasteiger partial charge is 0.272 e. The van der Waals surface area contributed by atoms with Gasteiger partial charge in [-0.05, 0) is 30.5 Å². The maximum atomic E-state index is 13.1. The Balaban J connectivity index is 1.28. The number of fused-ring (bicyclic) bond motifs is 1. The van der Waals surface area contributed by atoms with Crippen LogP contribution in [-0.2, 0) is 20.9 Å². The molecule has 3 aliphatic rings. The molecule has 0 aromatic heterocycles. The zero-order valence-corrected chi connectivity index (χ0v) is 16.5. The van der Waals surface area contributed by atoms with E-state index < -0.39 is 6.17 Å². The van der Waals surface area contributed by atoms with E-state index in [1.54, 1.807) is 34.3 Å². The molecule has 0 bridgehead atoms. The van der Waals surface area contributed by atoms with Gasteiger partial charge in [-0.3, -0.25) is 19.9 Å². The third-order valence-electron chi connectivity index (χ3n) is 4.86. The summed E-state index contributed by atoms with van der Waals surface area (Å²) in [6, 6.07) is 6.04. The van der Waals surface area contributed by atoms with E-state index in [4.69, 9.17) is 4.74 Å². The van der Waals surface area contributed by atoms with Crippen LogP contribution in [0.3, 0.4) is 0 Å². The van der Waals surface area contributed by atoms with Crippen LogP contribution in [-0.4, -0.2) is 58.0 Å². The predicted molar refractivity (Wildman–Crippen MR) is 107 cm³/mol. The molecular formula is C19H22FN5O3S. The lowest BCUT2D eigenvalue weighted by atomic mass is 10.2. The average molecular weight is 419 g/mol.